The molecule has 0 fully saturated rings. The van der Waals surface area contributed by atoms with E-state index in [1.54, 1.807) is 11.3 Å². The Labute approximate surface area is 120 Å². The fourth-order valence-corrected chi connectivity index (χ4v) is 3.62. The second-order valence-electron chi connectivity index (χ2n) is 6.45. The largest absolute Gasteiger partial charge is 0.543 e. The van der Waals surface area contributed by atoms with E-state index in [1.807, 2.05) is 12.1 Å². The molecule has 4 heteroatoms. The summed E-state index contributed by atoms with van der Waals surface area (Å²) in [6.45, 7) is 11.3. The SMILES string of the molecule is CC(C)(C)[Si](C)(C)Oc1cc(CO)cc2ccsc12. The van der Waals surface area contributed by atoms with Gasteiger partial charge in [-0.3, -0.25) is 0 Å². The smallest absolute Gasteiger partial charge is 0.250 e. The Balaban J connectivity index is 2.47. The molecular formula is C15H22O2SSi. The van der Waals surface area contributed by atoms with Crippen molar-refractivity contribution in [2.45, 2.75) is 45.5 Å². The highest BCUT2D eigenvalue weighted by Crippen LogP contribution is 2.40. The van der Waals surface area contributed by atoms with Crippen molar-refractivity contribution < 1.29 is 9.53 Å². The van der Waals surface area contributed by atoms with Crippen LogP contribution in [0, 0.1) is 0 Å². The number of aliphatic hydroxyl groups is 1. The van der Waals surface area contributed by atoms with E-state index >= 15 is 0 Å². The van der Waals surface area contributed by atoms with Crippen LogP contribution in [0.25, 0.3) is 10.1 Å². The summed E-state index contributed by atoms with van der Waals surface area (Å²) >= 11 is 1.70. The molecular weight excluding hydrogens is 272 g/mol. The lowest BCUT2D eigenvalue weighted by molar-refractivity contribution is 0.281. The fourth-order valence-electron chi connectivity index (χ4n) is 1.70. The number of hydrogen-bond acceptors (Lipinski definition) is 3. The average molecular weight is 294 g/mol. The molecule has 0 saturated carbocycles. The van der Waals surface area contributed by atoms with Gasteiger partial charge in [-0.1, -0.05) is 20.8 Å². The Hall–Kier alpha value is -0.843. The minimum Gasteiger partial charge on any atom is -0.543 e. The van der Waals surface area contributed by atoms with E-state index < -0.39 is 8.32 Å². The molecule has 1 aromatic heterocycles. The van der Waals surface area contributed by atoms with Crippen LogP contribution in [0.3, 0.4) is 0 Å². The molecule has 1 N–H and O–H groups in total. The summed E-state index contributed by atoms with van der Waals surface area (Å²) < 4.78 is 7.60. The maximum Gasteiger partial charge on any atom is 0.250 e. The van der Waals surface area contributed by atoms with Crippen molar-refractivity contribution >= 4 is 29.7 Å². The molecule has 2 rings (SSSR count). The number of rotatable bonds is 3. The van der Waals surface area contributed by atoms with Crippen LogP contribution in [-0.2, 0) is 6.61 Å². The van der Waals surface area contributed by atoms with Crippen LogP contribution >= 0.6 is 11.3 Å². The van der Waals surface area contributed by atoms with Crippen LogP contribution in [0.1, 0.15) is 26.3 Å². The van der Waals surface area contributed by atoms with Gasteiger partial charge in [-0.05, 0) is 52.7 Å². The van der Waals surface area contributed by atoms with E-state index in [0.29, 0.717) is 0 Å². The molecule has 19 heavy (non-hydrogen) atoms. The van der Waals surface area contributed by atoms with Gasteiger partial charge in [-0.15, -0.1) is 11.3 Å². The molecule has 0 saturated heterocycles. The van der Waals surface area contributed by atoms with Crippen molar-refractivity contribution in [1.29, 1.82) is 0 Å². The van der Waals surface area contributed by atoms with Crippen LogP contribution in [-0.4, -0.2) is 13.4 Å². The van der Waals surface area contributed by atoms with Crippen LogP contribution in [0.4, 0.5) is 0 Å². The topological polar surface area (TPSA) is 29.5 Å². The van der Waals surface area contributed by atoms with Gasteiger partial charge in [0.2, 0.25) is 0 Å². The van der Waals surface area contributed by atoms with E-state index in [-0.39, 0.29) is 11.6 Å². The maximum absolute atomic E-state index is 9.38. The molecule has 0 amide bonds. The van der Waals surface area contributed by atoms with Crippen molar-refractivity contribution in [3.05, 3.63) is 29.1 Å². The van der Waals surface area contributed by atoms with Crippen LogP contribution in [0.15, 0.2) is 23.6 Å². The number of benzene rings is 1. The van der Waals surface area contributed by atoms with Gasteiger partial charge in [-0.25, -0.2) is 0 Å². The van der Waals surface area contributed by atoms with Crippen molar-refractivity contribution in [2.75, 3.05) is 0 Å². The number of fused-ring (bicyclic) bond motifs is 1. The van der Waals surface area contributed by atoms with Crippen LogP contribution in [0.5, 0.6) is 5.75 Å². The molecule has 0 atom stereocenters. The maximum atomic E-state index is 9.38. The highest BCUT2D eigenvalue weighted by molar-refractivity contribution is 7.17. The first-order chi connectivity index (χ1) is 8.74. The molecule has 2 nitrogen and oxygen atoms in total. The molecule has 2 aromatic rings. The van der Waals surface area contributed by atoms with Crippen LogP contribution in [0.2, 0.25) is 18.1 Å². The molecule has 0 aliphatic heterocycles. The summed E-state index contributed by atoms with van der Waals surface area (Å²) in [5.41, 5.74) is 0.916. The third-order valence-corrected chi connectivity index (χ3v) is 9.22. The lowest BCUT2D eigenvalue weighted by Crippen LogP contribution is -2.43. The van der Waals surface area contributed by atoms with Crippen molar-refractivity contribution in [1.82, 2.24) is 0 Å². The second-order valence-corrected chi connectivity index (χ2v) is 12.1. The summed E-state index contributed by atoms with van der Waals surface area (Å²) in [7, 11) is -1.85. The second kappa shape index (κ2) is 4.92. The van der Waals surface area contributed by atoms with Crippen LogP contribution < -0.4 is 4.43 Å². The van der Waals surface area contributed by atoms with Gasteiger partial charge < -0.3 is 9.53 Å². The lowest BCUT2D eigenvalue weighted by Gasteiger charge is -2.36. The van der Waals surface area contributed by atoms with Crippen molar-refractivity contribution in [2.24, 2.45) is 0 Å². The Bertz CT molecular complexity index is 581. The average Bonchev–Trinajstić information content (AvgIpc) is 2.75. The molecule has 0 spiro atoms. The summed E-state index contributed by atoms with van der Waals surface area (Å²) in [5.74, 6) is 0.933. The molecule has 0 bridgehead atoms. The number of thiophene rings is 1. The zero-order valence-corrected chi connectivity index (χ0v) is 14.1. The Kier molecular flexibility index (Phi) is 3.77. The summed E-state index contributed by atoms with van der Waals surface area (Å²) in [5, 5.41) is 12.8. The van der Waals surface area contributed by atoms with Gasteiger partial charge in [0.05, 0.1) is 11.3 Å². The molecule has 0 aliphatic carbocycles. The summed E-state index contributed by atoms with van der Waals surface area (Å²) in [6.07, 6.45) is 0. The van der Waals surface area contributed by atoms with Gasteiger partial charge in [0.15, 0.2) is 0 Å². The third kappa shape index (κ3) is 2.85. The first-order valence-electron chi connectivity index (χ1n) is 6.54. The standard InChI is InChI=1S/C15H22O2SSi/c1-15(2,3)19(4,5)17-13-9-11(10-16)8-12-6-7-18-14(12)13/h6-9,16H,10H2,1-5H3. The fraction of sp³-hybridized carbons (Fsp3) is 0.467. The van der Waals surface area contributed by atoms with Crippen molar-refractivity contribution in [3.8, 4) is 5.75 Å². The predicted molar refractivity (Wildman–Crippen MR) is 85.6 cm³/mol. The Morgan fingerprint density at radius 2 is 1.95 bits per heavy atom. The Morgan fingerprint density at radius 1 is 1.26 bits per heavy atom. The zero-order valence-electron chi connectivity index (χ0n) is 12.3. The number of hydrogen-bond donors (Lipinski definition) is 1. The van der Waals surface area contributed by atoms with E-state index in [1.165, 1.54) is 4.70 Å². The molecule has 0 unspecified atom stereocenters. The summed E-state index contributed by atoms with van der Waals surface area (Å²) in [6, 6.07) is 6.10. The third-order valence-electron chi connectivity index (χ3n) is 3.93. The monoisotopic (exact) mass is 294 g/mol. The number of aliphatic hydroxyl groups excluding tert-OH is 1. The molecule has 0 aliphatic rings. The van der Waals surface area contributed by atoms with E-state index in [2.05, 4.69) is 45.3 Å². The Morgan fingerprint density at radius 3 is 2.53 bits per heavy atom. The molecule has 1 heterocycles. The minimum absolute atomic E-state index is 0.0552. The normalized spacial score (nSPS) is 12.9. The zero-order chi connectivity index (χ0) is 14.3. The van der Waals surface area contributed by atoms with E-state index in [9.17, 15) is 5.11 Å². The lowest BCUT2D eigenvalue weighted by atomic mass is 10.1. The highest BCUT2D eigenvalue weighted by atomic mass is 32.1. The first-order valence-corrected chi connectivity index (χ1v) is 10.3. The van der Waals surface area contributed by atoms with Gasteiger partial charge in [0.25, 0.3) is 8.32 Å². The van der Waals surface area contributed by atoms with Gasteiger partial charge >= 0.3 is 0 Å². The highest BCUT2D eigenvalue weighted by Gasteiger charge is 2.39. The van der Waals surface area contributed by atoms with Gasteiger partial charge in [0.1, 0.15) is 5.75 Å². The van der Waals surface area contributed by atoms with Gasteiger partial charge in [0, 0.05) is 0 Å². The molecule has 0 radical (unpaired) electrons. The molecule has 1 aromatic carbocycles. The summed E-state index contributed by atoms with van der Waals surface area (Å²) in [4.78, 5) is 0. The van der Waals surface area contributed by atoms with Gasteiger partial charge in [-0.2, -0.15) is 0 Å². The quantitative estimate of drug-likeness (QED) is 0.826. The van der Waals surface area contributed by atoms with Crippen molar-refractivity contribution in [3.63, 3.8) is 0 Å². The van der Waals surface area contributed by atoms with E-state index in [0.717, 1.165) is 16.7 Å². The minimum atomic E-state index is -1.85. The first kappa shape index (κ1) is 14.6. The predicted octanol–water partition coefficient (Wildman–Crippen LogP) is 4.78. The molecule has 104 valence electrons. The van der Waals surface area contributed by atoms with E-state index in [4.69, 9.17) is 4.43 Å².